The second-order valence-corrected chi connectivity index (χ2v) is 4.41. The molecule has 1 atom stereocenters. The first-order valence-electron chi connectivity index (χ1n) is 5.70. The number of fused-ring (bicyclic) bond motifs is 1. The van der Waals surface area contributed by atoms with E-state index in [0.29, 0.717) is 5.56 Å². The Bertz CT molecular complexity index is 473. The number of Topliss-reactive ketones (excluding diaryl/α,β-unsaturated/α-hetero) is 1. The minimum absolute atomic E-state index is 0. The molecule has 98 valence electrons. The summed E-state index contributed by atoms with van der Waals surface area (Å²) >= 11 is 0. The maximum absolute atomic E-state index is 12.0. The van der Waals surface area contributed by atoms with Gasteiger partial charge in [0.25, 0.3) is 0 Å². The normalized spacial score (nSPS) is 14.1. The van der Waals surface area contributed by atoms with Gasteiger partial charge in [0.15, 0.2) is 5.78 Å². The molecule has 2 N–H and O–H groups in total. The molecule has 0 spiro atoms. The number of rotatable bonds is 4. The van der Waals surface area contributed by atoms with Gasteiger partial charge in [-0.2, -0.15) is 0 Å². The first-order chi connectivity index (χ1) is 8.08. The Morgan fingerprint density at radius 1 is 1.44 bits per heavy atom. The topological polar surface area (TPSA) is 66.4 Å². The number of carbonyl (C=O) groups is 2. The second kappa shape index (κ2) is 5.87. The highest BCUT2D eigenvalue weighted by Gasteiger charge is 2.20. The number of nitrogens with one attached hydrogen (secondary N) is 1. The Morgan fingerprint density at radius 2 is 2.17 bits per heavy atom. The van der Waals surface area contributed by atoms with E-state index in [-0.39, 0.29) is 24.6 Å². The van der Waals surface area contributed by atoms with Crippen molar-refractivity contribution in [3.8, 4) is 0 Å². The number of carboxylic acids is 1. The van der Waals surface area contributed by atoms with Crippen LogP contribution in [0.4, 0.5) is 5.69 Å². The van der Waals surface area contributed by atoms with E-state index in [1.54, 1.807) is 13.0 Å². The summed E-state index contributed by atoms with van der Waals surface area (Å²) in [4.78, 5) is 22.6. The molecule has 0 saturated carbocycles. The third kappa shape index (κ3) is 3.01. The number of aliphatic carboxylic acids is 1. The lowest BCUT2D eigenvalue weighted by atomic mass is 9.95. The van der Waals surface area contributed by atoms with Gasteiger partial charge in [-0.25, -0.2) is 0 Å². The van der Waals surface area contributed by atoms with Crippen molar-refractivity contribution in [2.45, 2.75) is 19.8 Å². The minimum atomic E-state index is -0.936. The molecule has 1 aliphatic heterocycles. The molecule has 18 heavy (non-hydrogen) atoms. The molecule has 0 bridgehead atoms. The van der Waals surface area contributed by atoms with E-state index in [2.05, 4.69) is 5.32 Å². The Hall–Kier alpha value is -1.55. The summed E-state index contributed by atoms with van der Waals surface area (Å²) < 4.78 is 0. The molecule has 1 aromatic carbocycles. The molecule has 0 aliphatic carbocycles. The van der Waals surface area contributed by atoms with Crippen molar-refractivity contribution in [2.75, 3.05) is 11.9 Å². The van der Waals surface area contributed by atoms with Gasteiger partial charge >= 0.3 is 5.97 Å². The molecular formula is C13H16ClNO3. The smallest absolute Gasteiger partial charge is 0.304 e. The molecule has 1 heterocycles. The molecule has 2 rings (SSSR count). The third-order valence-electron chi connectivity index (χ3n) is 3.03. The minimum Gasteiger partial charge on any atom is -0.481 e. The van der Waals surface area contributed by atoms with Crippen LogP contribution in [0.15, 0.2) is 18.2 Å². The molecule has 0 aromatic heterocycles. The molecule has 5 heteroatoms. The summed E-state index contributed by atoms with van der Waals surface area (Å²) in [6.07, 6.45) is 0.804. The van der Waals surface area contributed by atoms with Crippen molar-refractivity contribution in [3.63, 3.8) is 0 Å². The zero-order valence-corrected chi connectivity index (χ0v) is 10.9. The van der Waals surface area contributed by atoms with E-state index < -0.39 is 11.9 Å². The predicted molar refractivity (Wildman–Crippen MR) is 71.6 cm³/mol. The highest BCUT2D eigenvalue weighted by molar-refractivity contribution is 5.99. The van der Waals surface area contributed by atoms with Crippen molar-refractivity contribution in [1.29, 1.82) is 0 Å². The fraction of sp³-hybridized carbons (Fsp3) is 0.385. The molecule has 0 radical (unpaired) electrons. The van der Waals surface area contributed by atoms with E-state index in [9.17, 15) is 9.59 Å². The highest BCUT2D eigenvalue weighted by Crippen LogP contribution is 2.24. The Morgan fingerprint density at radius 3 is 2.83 bits per heavy atom. The lowest BCUT2D eigenvalue weighted by Crippen LogP contribution is -2.15. The maximum atomic E-state index is 12.0. The van der Waals surface area contributed by atoms with Crippen LogP contribution in [0.2, 0.25) is 0 Å². The molecular weight excluding hydrogens is 254 g/mol. The number of halogens is 1. The quantitative estimate of drug-likeness (QED) is 0.824. The van der Waals surface area contributed by atoms with E-state index in [0.717, 1.165) is 24.2 Å². The average Bonchev–Trinajstić information content (AvgIpc) is 2.73. The van der Waals surface area contributed by atoms with Crippen LogP contribution < -0.4 is 5.32 Å². The lowest BCUT2D eigenvalue weighted by molar-refractivity contribution is -0.137. The number of hydrogen-bond donors (Lipinski definition) is 2. The van der Waals surface area contributed by atoms with Crippen molar-refractivity contribution < 1.29 is 14.7 Å². The largest absolute Gasteiger partial charge is 0.481 e. The standard InChI is InChI=1S/C13H15NO3.ClH/c1-8(6-12(15)16)13(17)10-2-3-11-9(7-10)4-5-14-11;/h2-3,7-8,14H,4-6H2,1H3,(H,15,16);1H. The van der Waals surface area contributed by atoms with Crippen LogP contribution in [0.1, 0.15) is 29.3 Å². The van der Waals surface area contributed by atoms with Gasteiger partial charge in [-0.15, -0.1) is 12.4 Å². The number of carboxylic acid groups (broad SMARTS) is 1. The van der Waals surface area contributed by atoms with Crippen LogP contribution in [0.3, 0.4) is 0 Å². The van der Waals surface area contributed by atoms with Crippen LogP contribution >= 0.6 is 12.4 Å². The zero-order valence-electron chi connectivity index (χ0n) is 10.1. The first kappa shape index (κ1) is 14.5. The van der Waals surface area contributed by atoms with Crippen molar-refractivity contribution in [1.82, 2.24) is 0 Å². The van der Waals surface area contributed by atoms with Gasteiger partial charge in [0.05, 0.1) is 6.42 Å². The lowest BCUT2D eigenvalue weighted by Gasteiger charge is -2.09. The molecule has 1 aromatic rings. The summed E-state index contributed by atoms with van der Waals surface area (Å²) in [5.74, 6) is -1.50. The van der Waals surface area contributed by atoms with Crippen molar-refractivity contribution in [2.24, 2.45) is 5.92 Å². The number of benzene rings is 1. The number of anilines is 1. The number of hydrogen-bond acceptors (Lipinski definition) is 3. The SMILES string of the molecule is CC(CC(=O)O)C(=O)c1ccc2c(c1)CCN2.Cl. The van der Waals surface area contributed by atoms with Crippen LogP contribution in [-0.2, 0) is 11.2 Å². The van der Waals surface area contributed by atoms with Crippen LogP contribution in [0.25, 0.3) is 0 Å². The third-order valence-corrected chi connectivity index (χ3v) is 3.03. The Labute approximate surface area is 112 Å². The van der Waals surface area contributed by atoms with Gasteiger partial charge in [-0.1, -0.05) is 6.92 Å². The van der Waals surface area contributed by atoms with Gasteiger partial charge in [-0.3, -0.25) is 9.59 Å². The maximum Gasteiger partial charge on any atom is 0.304 e. The first-order valence-corrected chi connectivity index (χ1v) is 5.70. The van der Waals surface area contributed by atoms with E-state index in [1.807, 2.05) is 12.1 Å². The van der Waals surface area contributed by atoms with Crippen molar-refractivity contribution in [3.05, 3.63) is 29.3 Å². The van der Waals surface area contributed by atoms with Gasteiger partial charge in [0.1, 0.15) is 0 Å². The second-order valence-electron chi connectivity index (χ2n) is 4.41. The van der Waals surface area contributed by atoms with Crippen LogP contribution in [-0.4, -0.2) is 23.4 Å². The molecule has 0 saturated heterocycles. The molecule has 1 aliphatic rings. The van der Waals surface area contributed by atoms with Gasteiger partial charge in [-0.05, 0) is 30.2 Å². The van der Waals surface area contributed by atoms with E-state index >= 15 is 0 Å². The molecule has 0 fully saturated rings. The Balaban J connectivity index is 0.00000162. The van der Waals surface area contributed by atoms with Crippen LogP contribution in [0.5, 0.6) is 0 Å². The molecule has 4 nitrogen and oxygen atoms in total. The van der Waals surface area contributed by atoms with Crippen LogP contribution in [0, 0.1) is 5.92 Å². The number of ketones is 1. The monoisotopic (exact) mass is 269 g/mol. The fourth-order valence-corrected chi connectivity index (χ4v) is 2.10. The number of carbonyl (C=O) groups excluding carboxylic acids is 1. The summed E-state index contributed by atoms with van der Waals surface area (Å²) in [5, 5.41) is 11.9. The average molecular weight is 270 g/mol. The summed E-state index contributed by atoms with van der Waals surface area (Å²) in [5.41, 5.74) is 2.83. The van der Waals surface area contributed by atoms with Gasteiger partial charge in [0.2, 0.25) is 0 Å². The van der Waals surface area contributed by atoms with Crippen molar-refractivity contribution >= 4 is 29.8 Å². The van der Waals surface area contributed by atoms with E-state index in [4.69, 9.17) is 5.11 Å². The van der Waals surface area contributed by atoms with Gasteiger partial charge in [0, 0.05) is 23.7 Å². The zero-order chi connectivity index (χ0) is 12.4. The molecule has 1 unspecified atom stereocenters. The predicted octanol–water partition coefficient (Wildman–Crippen LogP) is 2.37. The van der Waals surface area contributed by atoms with E-state index in [1.165, 1.54) is 0 Å². The highest BCUT2D eigenvalue weighted by atomic mass is 35.5. The summed E-state index contributed by atoms with van der Waals surface area (Å²) in [7, 11) is 0. The Kier molecular flexibility index (Phi) is 4.73. The van der Waals surface area contributed by atoms with Gasteiger partial charge < -0.3 is 10.4 Å². The molecule has 0 amide bonds. The fourth-order valence-electron chi connectivity index (χ4n) is 2.10. The summed E-state index contributed by atoms with van der Waals surface area (Å²) in [6.45, 7) is 2.56. The summed E-state index contributed by atoms with van der Waals surface area (Å²) in [6, 6.07) is 5.52.